The van der Waals surface area contributed by atoms with Gasteiger partial charge in [-0.15, -0.1) is 5.10 Å². The second-order valence-corrected chi connectivity index (χ2v) is 9.38. The van der Waals surface area contributed by atoms with E-state index < -0.39 is 0 Å². The van der Waals surface area contributed by atoms with Gasteiger partial charge < -0.3 is 14.5 Å². The van der Waals surface area contributed by atoms with Crippen LogP contribution in [-0.2, 0) is 6.67 Å². The molecule has 0 radical (unpaired) electrons. The highest BCUT2D eigenvalue weighted by Crippen LogP contribution is 2.38. The molecule has 0 atom stereocenters. The number of ether oxygens (including phenoxy) is 1. The molecule has 0 N–H and O–H groups in total. The number of aromatic nitrogens is 3. The van der Waals surface area contributed by atoms with Crippen LogP contribution >= 0.6 is 12.2 Å². The molecule has 9 heteroatoms. The van der Waals surface area contributed by atoms with Crippen LogP contribution < -0.4 is 9.64 Å². The molecule has 1 saturated carbocycles. The van der Waals surface area contributed by atoms with Gasteiger partial charge in [-0.2, -0.15) is 0 Å². The quantitative estimate of drug-likeness (QED) is 0.623. The minimum Gasteiger partial charge on any atom is -0.497 e. The van der Waals surface area contributed by atoms with Crippen LogP contribution in [0.4, 0.5) is 5.95 Å². The van der Waals surface area contributed by atoms with Gasteiger partial charge >= 0.3 is 0 Å². The van der Waals surface area contributed by atoms with Crippen LogP contribution in [0.15, 0.2) is 24.3 Å². The van der Waals surface area contributed by atoms with Crippen molar-refractivity contribution in [2.24, 2.45) is 0 Å². The van der Waals surface area contributed by atoms with E-state index in [-0.39, 0.29) is 5.91 Å². The number of carbonyl (C=O) groups excluding carboxylic acids is 1. The van der Waals surface area contributed by atoms with Gasteiger partial charge in [0.05, 0.1) is 13.8 Å². The van der Waals surface area contributed by atoms with Crippen molar-refractivity contribution in [2.45, 2.75) is 44.8 Å². The molecule has 8 nitrogen and oxygen atoms in total. The predicted octanol–water partition coefficient (Wildman–Crippen LogP) is 3.16. The number of anilines is 1. The van der Waals surface area contributed by atoms with Gasteiger partial charge in [0.15, 0.2) is 0 Å². The summed E-state index contributed by atoms with van der Waals surface area (Å²) in [5.41, 5.74) is 0.704. The fourth-order valence-corrected chi connectivity index (χ4v) is 4.99. The Bertz CT molecular complexity index is 998. The summed E-state index contributed by atoms with van der Waals surface area (Å²) in [5.74, 6) is 1.90. The van der Waals surface area contributed by atoms with Crippen LogP contribution in [0.3, 0.4) is 0 Å². The monoisotopic (exact) mass is 456 g/mol. The third-order valence-corrected chi connectivity index (χ3v) is 7.14. The van der Waals surface area contributed by atoms with E-state index in [0.717, 1.165) is 42.6 Å². The molecule has 0 bridgehead atoms. The number of hydrogen-bond donors (Lipinski definition) is 0. The molecule has 1 aromatic carbocycles. The molecule has 0 unspecified atom stereocenters. The molecule has 3 heterocycles. The van der Waals surface area contributed by atoms with E-state index in [4.69, 9.17) is 22.1 Å². The van der Waals surface area contributed by atoms with Crippen molar-refractivity contribution in [3.05, 3.63) is 34.6 Å². The second-order valence-electron chi connectivity index (χ2n) is 9.01. The van der Waals surface area contributed by atoms with Gasteiger partial charge in [-0.3, -0.25) is 14.3 Å². The van der Waals surface area contributed by atoms with E-state index >= 15 is 0 Å². The van der Waals surface area contributed by atoms with Crippen molar-refractivity contribution >= 4 is 24.1 Å². The van der Waals surface area contributed by atoms with Gasteiger partial charge in [0.25, 0.3) is 5.91 Å². The Hall–Kier alpha value is -2.39. The summed E-state index contributed by atoms with van der Waals surface area (Å²) in [7, 11) is 1.63. The average molecular weight is 457 g/mol. The van der Waals surface area contributed by atoms with E-state index in [9.17, 15) is 4.79 Å². The van der Waals surface area contributed by atoms with Gasteiger partial charge in [0.2, 0.25) is 10.7 Å². The smallest absolute Gasteiger partial charge is 0.253 e. The lowest BCUT2D eigenvalue weighted by atomic mass is 10.1. The second kappa shape index (κ2) is 9.23. The number of methoxy groups -OCH3 is 1. The van der Waals surface area contributed by atoms with Crippen LogP contribution in [0.1, 0.15) is 48.5 Å². The maximum absolute atomic E-state index is 12.8. The zero-order valence-corrected chi connectivity index (χ0v) is 19.6. The van der Waals surface area contributed by atoms with Crippen molar-refractivity contribution in [2.75, 3.05) is 51.3 Å². The molecule has 2 aromatic rings. The van der Waals surface area contributed by atoms with Crippen LogP contribution in [0.25, 0.3) is 0 Å². The minimum absolute atomic E-state index is 0.0781. The molecular formula is C23H32N6O2S. The molecule has 2 saturated heterocycles. The summed E-state index contributed by atoms with van der Waals surface area (Å²) in [5, 5.41) is 4.97. The lowest BCUT2D eigenvalue weighted by Crippen LogP contribution is -2.49. The number of nitrogens with zero attached hydrogens (tertiary/aromatic N) is 6. The van der Waals surface area contributed by atoms with Gasteiger partial charge in [-0.05, 0) is 68.6 Å². The summed E-state index contributed by atoms with van der Waals surface area (Å²) >= 11 is 5.85. The maximum atomic E-state index is 12.8. The number of rotatable bonds is 6. The maximum Gasteiger partial charge on any atom is 0.253 e. The highest BCUT2D eigenvalue weighted by molar-refractivity contribution is 7.71. The van der Waals surface area contributed by atoms with E-state index in [0.29, 0.717) is 31.4 Å². The fraction of sp³-hybridized carbons (Fsp3) is 0.609. The Labute approximate surface area is 194 Å². The van der Waals surface area contributed by atoms with Crippen LogP contribution in [0, 0.1) is 4.77 Å². The largest absolute Gasteiger partial charge is 0.497 e. The zero-order chi connectivity index (χ0) is 22.1. The van der Waals surface area contributed by atoms with Crippen molar-refractivity contribution in [3.8, 4) is 5.75 Å². The van der Waals surface area contributed by atoms with Gasteiger partial charge in [-0.1, -0.05) is 0 Å². The van der Waals surface area contributed by atoms with Gasteiger partial charge in [0, 0.05) is 50.9 Å². The number of piperidine rings is 1. The minimum atomic E-state index is 0.0781. The van der Waals surface area contributed by atoms with E-state index in [2.05, 4.69) is 14.4 Å². The first-order chi connectivity index (χ1) is 15.6. The van der Waals surface area contributed by atoms with Gasteiger partial charge in [0.1, 0.15) is 5.75 Å². The average Bonchev–Trinajstić information content (AvgIpc) is 3.63. The molecule has 5 rings (SSSR count). The molecule has 1 aliphatic carbocycles. The van der Waals surface area contributed by atoms with Crippen LogP contribution in [0.5, 0.6) is 5.75 Å². The van der Waals surface area contributed by atoms with Crippen molar-refractivity contribution in [1.29, 1.82) is 0 Å². The third-order valence-electron chi connectivity index (χ3n) is 6.73. The lowest BCUT2D eigenvalue weighted by Gasteiger charge is -2.34. The molecule has 3 fully saturated rings. The van der Waals surface area contributed by atoms with Crippen LogP contribution in [0.2, 0.25) is 0 Å². The first-order valence-electron chi connectivity index (χ1n) is 11.7. The van der Waals surface area contributed by atoms with E-state index in [1.807, 2.05) is 33.8 Å². The molecule has 32 heavy (non-hydrogen) atoms. The number of benzene rings is 1. The number of hydrogen-bond acceptors (Lipinski definition) is 6. The standard InChI is InChI=1S/C23H32N6O2S/c1-31-20-9-5-18(6-10-20)21(30)26-15-13-25(14-16-26)17-28-23(32)29(19-7-8-19)22(24-28)27-11-3-2-4-12-27/h5-6,9-10,19H,2-4,7-8,11-17H2,1H3. The predicted molar refractivity (Wildman–Crippen MR) is 126 cm³/mol. The van der Waals surface area contributed by atoms with Crippen LogP contribution in [-0.4, -0.2) is 76.4 Å². The Morgan fingerprint density at radius 1 is 1.03 bits per heavy atom. The highest BCUT2D eigenvalue weighted by Gasteiger charge is 2.31. The van der Waals surface area contributed by atoms with E-state index in [1.54, 1.807) is 7.11 Å². The fourth-order valence-electron chi connectivity index (χ4n) is 4.66. The topological polar surface area (TPSA) is 58.8 Å². The molecule has 0 spiro atoms. The molecule has 172 valence electrons. The normalized spacial score (nSPS) is 19.9. The first kappa shape index (κ1) is 21.5. The summed E-state index contributed by atoms with van der Waals surface area (Å²) in [6.45, 7) is 5.89. The summed E-state index contributed by atoms with van der Waals surface area (Å²) in [4.78, 5) is 19.5. The Balaban J connectivity index is 1.23. The summed E-state index contributed by atoms with van der Waals surface area (Å²) in [6, 6.07) is 7.86. The van der Waals surface area contributed by atoms with E-state index in [1.165, 1.54) is 32.1 Å². The molecule has 1 aromatic heterocycles. The lowest BCUT2D eigenvalue weighted by molar-refractivity contribution is 0.0585. The molecule has 3 aliphatic rings. The summed E-state index contributed by atoms with van der Waals surface area (Å²) in [6.07, 6.45) is 6.17. The van der Waals surface area contributed by atoms with Gasteiger partial charge in [-0.25, -0.2) is 4.68 Å². The Morgan fingerprint density at radius 2 is 1.72 bits per heavy atom. The van der Waals surface area contributed by atoms with Crippen molar-refractivity contribution < 1.29 is 9.53 Å². The number of carbonyl (C=O) groups is 1. The SMILES string of the molecule is COc1ccc(C(=O)N2CCN(Cn3nc(N4CCCCC4)n(C4CC4)c3=S)CC2)cc1. The molecule has 2 aliphatic heterocycles. The van der Waals surface area contributed by atoms with Crippen molar-refractivity contribution in [1.82, 2.24) is 24.1 Å². The highest BCUT2D eigenvalue weighted by atomic mass is 32.1. The number of piperazine rings is 1. The Kier molecular flexibility index (Phi) is 6.19. The molecule has 1 amide bonds. The zero-order valence-electron chi connectivity index (χ0n) is 18.8. The number of amides is 1. The third kappa shape index (κ3) is 4.41. The first-order valence-corrected chi connectivity index (χ1v) is 12.1. The van der Waals surface area contributed by atoms with Crippen molar-refractivity contribution in [3.63, 3.8) is 0 Å². The molecular weight excluding hydrogens is 424 g/mol. The Morgan fingerprint density at radius 3 is 2.34 bits per heavy atom. The summed E-state index contributed by atoms with van der Waals surface area (Å²) < 4.78 is 10.3.